The summed E-state index contributed by atoms with van der Waals surface area (Å²) in [5.41, 5.74) is 2.47. The maximum Gasteiger partial charge on any atom is 0.165 e. The zero-order chi connectivity index (χ0) is 22.5. The molecular formula is C21H15F2N9S. The minimum Gasteiger partial charge on any atom is -0.314 e. The average molecular weight is 463 g/mol. The predicted molar refractivity (Wildman–Crippen MR) is 117 cm³/mol. The van der Waals surface area contributed by atoms with Crippen LogP contribution in [0.1, 0.15) is 25.2 Å². The molecule has 4 aromatic heterocycles. The van der Waals surface area contributed by atoms with Crippen molar-refractivity contribution in [1.82, 2.24) is 39.9 Å². The number of thiazole rings is 1. The minimum absolute atomic E-state index is 0.296. The summed E-state index contributed by atoms with van der Waals surface area (Å²) in [5.74, 6) is -0.242. The van der Waals surface area contributed by atoms with E-state index in [0.717, 1.165) is 17.1 Å². The van der Waals surface area contributed by atoms with Gasteiger partial charge in [-0.1, -0.05) is 6.92 Å². The number of hydrogen-bond acceptors (Lipinski definition) is 8. The molecule has 0 spiro atoms. The van der Waals surface area contributed by atoms with Crippen LogP contribution in [0.5, 0.6) is 0 Å². The van der Waals surface area contributed by atoms with Crippen LogP contribution in [-0.2, 0) is 0 Å². The zero-order valence-corrected chi connectivity index (χ0v) is 18.0. The number of nitrogens with one attached hydrogen (secondary N) is 1. The van der Waals surface area contributed by atoms with E-state index in [-0.39, 0.29) is 6.04 Å². The molecule has 5 heterocycles. The van der Waals surface area contributed by atoms with Gasteiger partial charge >= 0.3 is 0 Å². The fourth-order valence-electron chi connectivity index (χ4n) is 4.03. The van der Waals surface area contributed by atoms with Crippen LogP contribution in [0.25, 0.3) is 27.8 Å². The summed E-state index contributed by atoms with van der Waals surface area (Å²) < 4.78 is 29.7. The lowest BCUT2D eigenvalue weighted by Crippen LogP contribution is -2.32. The number of halogens is 2. The fraction of sp³-hybridized carbons (Fsp3) is 0.143. The van der Waals surface area contributed by atoms with E-state index < -0.39 is 11.6 Å². The van der Waals surface area contributed by atoms with E-state index in [2.05, 4.69) is 30.4 Å². The van der Waals surface area contributed by atoms with Gasteiger partial charge < -0.3 is 4.90 Å². The summed E-state index contributed by atoms with van der Waals surface area (Å²) in [6.07, 6.45) is 7.25. The van der Waals surface area contributed by atoms with Gasteiger partial charge in [-0.05, 0) is 18.6 Å². The lowest BCUT2D eigenvalue weighted by Gasteiger charge is -2.36. The van der Waals surface area contributed by atoms with Gasteiger partial charge in [-0.15, -0.1) is 21.5 Å². The second-order valence-corrected chi connectivity index (χ2v) is 8.24. The third-order valence-electron chi connectivity index (χ3n) is 5.52. The van der Waals surface area contributed by atoms with E-state index in [1.165, 1.54) is 17.4 Å². The standard InChI is InChI=1S/C21H15F2N9S/c1-2-15-20-30-27-10-31(20)16-9-25-18(12-8-26-29-17(12)21-24-5-6-33-21)28-19(16)32(15)11-3-4-13(22)14(23)7-11/h3-10,15H,2H2,1H3,(H,26,29)/t15-/m0/s1. The number of aromatic nitrogens is 8. The van der Waals surface area contributed by atoms with Gasteiger partial charge in [-0.2, -0.15) is 5.10 Å². The van der Waals surface area contributed by atoms with Crippen molar-refractivity contribution in [2.75, 3.05) is 4.90 Å². The number of fused-ring (bicyclic) bond motifs is 3. The van der Waals surface area contributed by atoms with Crippen molar-refractivity contribution in [2.45, 2.75) is 19.4 Å². The molecule has 164 valence electrons. The molecule has 0 bridgehead atoms. The van der Waals surface area contributed by atoms with Crippen LogP contribution in [0.2, 0.25) is 0 Å². The molecule has 9 nitrogen and oxygen atoms in total. The number of aromatic amines is 1. The summed E-state index contributed by atoms with van der Waals surface area (Å²) in [6, 6.07) is 3.50. The van der Waals surface area contributed by atoms with Crippen molar-refractivity contribution < 1.29 is 8.78 Å². The maximum absolute atomic E-state index is 14.2. The molecule has 0 aliphatic carbocycles. The van der Waals surface area contributed by atoms with Gasteiger partial charge in [0.2, 0.25) is 0 Å². The van der Waals surface area contributed by atoms with Crippen LogP contribution < -0.4 is 4.90 Å². The molecule has 0 unspecified atom stereocenters. The highest BCUT2D eigenvalue weighted by Gasteiger charge is 2.35. The second-order valence-electron chi connectivity index (χ2n) is 7.35. The number of anilines is 2. The largest absolute Gasteiger partial charge is 0.314 e. The average Bonchev–Trinajstić information content (AvgIpc) is 3.60. The Labute approximate surface area is 189 Å². The molecule has 0 fully saturated rings. The summed E-state index contributed by atoms with van der Waals surface area (Å²) in [4.78, 5) is 15.6. The van der Waals surface area contributed by atoms with Gasteiger partial charge in [-0.25, -0.2) is 23.7 Å². The Bertz CT molecular complexity index is 1460. The Balaban J connectivity index is 1.57. The molecule has 12 heteroatoms. The summed E-state index contributed by atoms with van der Waals surface area (Å²) >= 11 is 1.47. The summed E-state index contributed by atoms with van der Waals surface area (Å²) in [7, 11) is 0. The second kappa shape index (κ2) is 7.52. The predicted octanol–water partition coefficient (Wildman–Crippen LogP) is 4.45. The van der Waals surface area contributed by atoms with Crippen molar-refractivity contribution in [2.24, 2.45) is 0 Å². The van der Waals surface area contributed by atoms with Gasteiger partial charge in [-0.3, -0.25) is 9.67 Å². The first-order chi connectivity index (χ1) is 16.2. The third-order valence-corrected chi connectivity index (χ3v) is 6.31. The number of benzene rings is 1. The van der Waals surface area contributed by atoms with Crippen molar-refractivity contribution in [3.8, 4) is 27.8 Å². The van der Waals surface area contributed by atoms with Crippen molar-refractivity contribution in [1.29, 1.82) is 0 Å². The topological polar surface area (TPSA) is 101 Å². The SMILES string of the molecule is CC[C@H]1c2nncn2-c2cnc(-c3cn[nH]c3-c3nccs3)nc2N1c1ccc(F)c(F)c1. The highest BCUT2D eigenvalue weighted by molar-refractivity contribution is 7.13. The molecular weight excluding hydrogens is 448 g/mol. The molecule has 33 heavy (non-hydrogen) atoms. The van der Waals surface area contributed by atoms with Crippen molar-refractivity contribution in [3.63, 3.8) is 0 Å². The molecule has 0 saturated carbocycles. The molecule has 1 N–H and O–H groups in total. The van der Waals surface area contributed by atoms with E-state index in [0.29, 0.717) is 46.5 Å². The highest BCUT2D eigenvalue weighted by Crippen LogP contribution is 2.44. The molecule has 1 atom stereocenters. The Hall–Kier alpha value is -4.06. The number of nitrogens with zero attached hydrogens (tertiary/aromatic N) is 8. The Morgan fingerprint density at radius 2 is 2.06 bits per heavy atom. The third kappa shape index (κ3) is 3.02. The normalized spacial score (nSPS) is 14.9. The van der Waals surface area contributed by atoms with E-state index in [1.54, 1.807) is 24.9 Å². The Morgan fingerprint density at radius 3 is 2.85 bits per heavy atom. The first kappa shape index (κ1) is 19.6. The number of hydrogen-bond donors (Lipinski definition) is 1. The van der Waals surface area contributed by atoms with Crippen LogP contribution in [0.4, 0.5) is 20.3 Å². The summed E-state index contributed by atoms with van der Waals surface area (Å²) in [6.45, 7) is 1.99. The van der Waals surface area contributed by atoms with Gasteiger partial charge in [0, 0.05) is 23.3 Å². The first-order valence-corrected chi connectivity index (χ1v) is 11.0. The zero-order valence-electron chi connectivity index (χ0n) is 17.1. The van der Waals surface area contributed by atoms with E-state index in [1.807, 2.05) is 21.8 Å². The molecule has 0 saturated heterocycles. The van der Waals surface area contributed by atoms with Crippen LogP contribution in [-0.4, -0.2) is 39.9 Å². The molecule has 1 aromatic carbocycles. The molecule has 1 aliphatic rings. The van der Waals surface area contributed by atoms with E-state index in [4.69, 9.17) is 4.98 Å². The maximum atomic E-state index is 14.2. The monoisotopic (exact) mass is 463 g/mol. The lowest BCUT2D eigenvalue weighted by atomic mass is 10.1. The van der Waals surface area contributed by atoms with Crippen LogP contribution >= 0.6 is 11.3 Å². The molecule has 0 radical (unpaired) electrons. The minimum atomic E-state index is -0.939. The molecule has 6 rings (SSSR count). The number of rotatable bonds is 4. The van der Waals surface area contributed by atoms with Crippen LogP contribution in [0.15, 0.2) is 48.5 Å². The molecule has 0 amide bonds. The van der Waals surface area contributed by atoms with Gasteiger partial charge in [0.1, 0.15) is 22.7 Å². The quantitative estimate of drug-likeness (QED) is 0.420. The van der Waals surface area contributed by atoms with E-state index in [9.17, 15) is 8.78 Å². The van der Waals surface area contributed by atoms with Crippen LogP contribution in [0, 0.1) is 11.6 Å². The molecule has 1 aliphatic heterocycles. The molecule has 5 aromatic rings. The van der Waals surface area contributed by atoms with E-state index >= 15 is 0 Å². The number of H-pyrrole nitrogens is 1. The lowest BCUT2D eigenvalue weighted by molar-refractivity contribution is 0.507. The highest BCUT2D eigenvalue weighted by atomic mass is 32.1. The van der Waals surface area contributed by atoms with Gasteiger partial charge in [0.15, 0.2) is 29.1 Å². The summed E-state index contributed by atoms with van der Waals surface area (Å²) in [5, 5.41) is 18.1. The van der Waals surface area contributed by atoms with Crippen molar-refractivity contribution in [3.05, 3.63) is 66.0 Å². The Morgan fingerprint density at radius 1 is 1.15 bits per heavy atom. The first-order valence-electron chi connectivity index (χ1n) is 10.1. The smallest absolute Gasteiger partial charge is 0.165 e. The van der Waals surface area contributed by atoms with Gasteiger partial charge in [0.05, 0.1) is 24.0 Å². The fourth-order valence-corrected chi connectivity index (χ4v) is 4.68. The Kier molecular flexibility index (Phi) is 4.47. The van der Waals surface area contributed by atoms with Gasteiger partial charge in [0.25, 0.3) is 0 Å². The van der Waals surface area contributed by atoms with Crippen LogP contribution in [0.3, 0.4) is 0 Å². The van der Waals surface area contributed by atoms with Crippen molar-refractivity contribution >= 4 is 22.8 Å².